The van der Waals surface area contributed by atoms with Gasteiger partial charge in [-0.25, -0.2) is 4.98 Å². The predicted molar refractivity (Wildman–Crippen MR) is 68.4 cm³/mol. The number of nitrogens with zero attached hydrogens (tertiary/aromatic N) is 2. The van der Waals surface area contributed by atoms with E-state index in [1.165, 1.54) is 0 Å². The SMILES string of the molecule is CC1CCN(c2ncc(Br)cc2N)C1CO. The molecule has 16 heavy (non-hydrogen) atoms. The minimum absolute atomic E-state index is 0.135. The number of halogens is 1. The van der Waals surface area contributed by atoms with E-state index in [4.69, 9.17) is 5.73 Å². The molecule has 1 aliphatic rings. The summed E-state index contributed by atoms with van der Waals surface area (Å²) < 4.78 is 0.876. The van der Waals surface area contributed by atoms with Gasteiger partial charge < -0.3 is 15.7 Å². The average Bonchev–Trinajstić information content (AvgIpc) is 2.59. The third-order valence-electron chi connectivity index (χ3n) is 3.20. The molecule has 88 valence electrons. The molecule has 2 heterocycles. The van der Waals surface area contributed by atoms with Crippen LogP contribution in [0.5, 0.6) is 0 Å². The van der Waals surface area contributed by atoms with Crippen LogP contribution in [0.4, 0.5) is 11.5 Å². The summed E-state index contributed by atoms with van der Waals surface area (Å²) in [7, 11) is 0. The first-order chi connectivity index (χ1) is 7.63. The Bertz CT molecular complexity index is 385. The Kier molecular flexibility index (Phi) is 3.35. The van der Waals surface area contributed by atoms with E-state index < -0.39 is 0 Å². The minimum atomic E-state index is 0.135. The van der Waals surface area contributed by atoms with Crippen molar-refractivity contribution in [2.75, 3.05) is 23.8 Å². The molecule has 1 aromatic rings. The highest BCUT2D eigenvalue weighted by molar-refractivity contribution is 9.10. The molecule has 0 bridgehead atoms. The van der Waals surface area contributed by atoms with Gasteiger partial charge in [0.05, 0.1) is 18.3 Å². The van der Waals surface area contributed by atoms with Gasteiger partial charge in [-0.1, -0.05) is 6.92 Å². The maximum absolute atomic E-state index is 9.39. The number of rotatable bonds is 2. The molecular weight excluding hydrogens is 270 g/mol. The van der Waals surface area contributed by atoms with Crippen LogP contribution in [0.2, 0.25) is 0 Å². The van der Waals surface area contributed by atoms with Crippen LogP contribution in [0, 0.1) is 5.92 Å². The van der Waals surface area contributed by atoms with Crippen molar-refractivity contribution >= 4 is 27.4 Å². The van der Waals surface area contributed by atoms with Gasteiger partial charge in [0.2, 0.25) is 0 Å². The standard InChI is InChI=1S/C11H16BrN3O/c1-7-2-3-15(10(7)6-16)11-9(13)4-8(12)5-14-11/h4-5,7,10,16H,2-3,6,13H2,1H3. The van der Waals surface area contributed by atoms with Gasteiger partial charge in [0.15, 0.2) is 5.82 Å². The molecule has 0 amide bonds. The van der Waals surface area contributed by atoms with E-state index in [1.807, 2.05) is 6.07 Å². The molecular formula is C11H16BrN3O. The topological polar surface area (TPSA) is 62.4 Å². The Morgan fingerprint density at radius 2 is 2.44 bits per heavy atom. The molecule has 0 radical (unpaired) electrons. The van der Waals surface area contributed by atoms with Crippen LogP contribution in [-0.2, 0) is 0 Å². The van der Waals surface area contributed by atoms with Crippen molar-refractivity contribution in [1.29, 1.82) is 0 Å². The zero-order chi connectivity index (χ0) is 11.7. The number of nitrogen functional groups attached to an aromatic ring is 1. The van der Waals surface area contributed by atoms with Crippen LogP contribution in [0.1, 0.15) is 13.3 Å². The van der Waals surface area contributed by atoms with Crippen molar-refractivity contribution in [3.05, 3.63) is 16.7 Å². The molecule has 2 atom stereocenters. The van der Waals surface area contributed by atoms with Crippen LogP contribution < -0.4 is 10.6 Å². The lowest BCUT2D eigenvalue weighted by atomic mass is 10.0. The zero-order valence-electron chi connectivity index (χ0n) is 9.23. The highest BCUT2D eigenvalue weighted by Crippen LogP contribution is 2.32. The summed E-state index contributed by atoms with van der Waals surface area (Å²) in [6, 6.07) is 1.98. The first-order valence-corrected chi connectivity index (χ1v) is 6.21. The van der Waals surface area contributed by atoms with Crippen LogP contribution >= 0.6 is 15.9 Å². The van der Waals surface area contributed by atoms with Gasteiger partial charge in [-0.2, -0.15) is 0 Å². The lowest BCUT2D eigenvalue weighted by Crippen LogP contribution is -2.36. The van der Waals surface area contributed by atoms with E-state index in [1.54, 1.807) is 6.20 Å². The number of anilines is 2. The summed E-state index contributed by atoms with van der Waals surface area (Å²) in [5.41, 5.74) is 6.60. The maximum atomic E-state index is 9.39. The Morgan fingerprint density at radius 1 is 1.69 bits per heavy atom. The van der Waals surface area contributed by atoms with E-state index >= 15 is 0 Å². The second kappa shape index (κ2) is 4.59. The second-order valence-electron chi connectivity index (χ2n) is 4.28. The molecule has 5 heteroatoms. The minimum Gasteiger partial charge on any atom is -0.396 e. The molecule has 0 aromatic carbocycles. The van der Waals surface area contributed by atoms with Gasteiger partial charge in [0, 0.05) is 17.2 Å². The Labute approximate surface area is 104 Å². The van der Waals surface area contributed by atoms with Crippen molar-refractivity contribution in [3.8, 4) is 0 Å². The molecule has 1 fully saturated rings. The van der Waals surface area contributed by atoms with Gasteiger partial charge in [-0.15, -0.1) is 0 Å². The van der Waals surface area contributed by atoms with Crippen LogP contribution in [-0.4, -0.2) is 29.3 Å². The molecule has 3 N–H and O–H groups in total. The number of pyridine rings is 1. The summed E-state index contributed by atoms with van der Waals surface area (Å²) in [5.74, 6) is 1.27. The monoisotopic (exact) mass is 285 g/mol. The maximum Gasteiger partial charge on any atom is 0.152 e. The average molecular weight is 286 g/mol. The number of aliphatic hydroxyl groups is 1. The van der Waals surface area contributed by atoms with Crippen LogP contribution in [0.25, 0.3) is 0 Å². The normalized spacial score (nSPS) is 25.1. The molecule has 1 aromatic heterocycles. The van der Waals surface area contributed by atoms with Gasteiger partial charge in [0.1, 0.15) is 0 Å². The van der Waals surface area contributed by atoms with Gasteiger partial charge in [-0.3, -0.25) is 0 Å². The molecule has 1 aliphatic heterocycles. The first kappa shape index (κ1) is 11.7. The van der Waals surface area contributed by atoms with Gasteiger partial charge >= 0.3 is 0 Å². The van der Waals surface area contributed by atoms with Crippen molar-refractivity contribution in [2.24, 2.45) is 5.92 Å². The molecule has 4 nitrogen and oxygen atoms in total. The molecule has 0 saturated carbocycles. The Balaban J connectivity index is 2.30. The molecule has 2 unspecified atom stereocenters. The summed E-state index contributed by atoms with van der Waals surface area (Å²) >= 11 is 3.34. The molecule has 2 rings (SSSR count). The third kappa shape index (κ3) is 2.01. The number of nitrogens with two attached hydrogens (primary N) is 1. The van der Waals surface area contributed by atoms with Crippen LogP contribution in [0.3, 0.4) is 0 Å². The molecule has 1 saturated heterocycles. The zero-order valence-corrected chi connectivity index (χ0v) is 10.8. The van der Waals surface area contributed by atoms with Crippen molar-refractivity contribution in [2.45, 2.75) is 19.4 Å². The lowest BCUT2D eigenvalue weighted by Gasteiger charge is -2.27. The number of hydrogen-bond donors (Lipinski definition) is 2. The molecule has 0 aliphatic carbocycles. The summed E-state index contributed by atoms with van der Waals surface area (Å²) in [5, 5.41) is 9.39. The van der Waals surface area contributed by atoms with Crippen molar-refractivity contribution in [3.63, 3.8) is 0 Å². The number of aromatic nitrogens is 1. The fourth-order valence-corrected chi connectivity index (χ4v) is 2.59. The van der Waals surface area contributed by atoms with Crippen molar-refractivity contribution < 1.29 is 5.11 Å². The highest BCUT2D eigenvalue weighted by atomic mass is 79.9. The molecule has 0 spiro atoms. The fourth-order valence-electron chi connectivity index (χ4n) is 2.24. The van der Waals surface area contributed by atoms with E-state index in [0.29, 0.717) is 11.6 Å². The fraction of sp³-hybridized carbons (Fsp3) is 0.545. The smallest absolute Gasteiger partial charge is 0.152 e. The van der Waals surface area contributed by atoms with Gasteiger partial charge in [0.25, 0.3) is 0 Å². The van der Waals surface area contributed by atoms with E-state index in [9.17, 15) is 5.11 Å². The summed E-state index contributed by atoms with van der Waals surface area (Å²) in [6.07, 6.45) is 2.81. The first-order valence-electron chi connectivity index (χ1n) is 5.42. The number of hydrogen-bond acceptors (Lipinski definition) is 4. The predicted octanol–water partition coefficient (Wildman–Crippen LogP) is 1.63. The quantitative estimate of drug-likeness (QED) is 0.867. The summed E-state index contributed by atoms with van der Waals surface area (Å²) in [4.78, 5) is 6.44. The largest absolute Gasteiger partial charge is 0.396 e. The van der Waals surface area contributed by atoms with Crippen LogP contribution in [0.15, 0.2) is 16.7 Å². The highest BCUT2D eigenvalue weighted by Gasteiger charge is 2.32. The van der Waals surface area contributed by atoms with Crippen molar-refractivity contribution in [1.82, 2.24) is 4.98 Å². The second-order valence-corrected chi connectivity index (χ2v) is 5.19. The third-order valence-corrected chi connectivity index (χ3v) is 3.64. The van der Waals surface area contributed by atoms with E-state index in [0.717, 1.165) is 23.3 Å². The van der Waals surface area contributed by atoms with E-state index in [2.05, 4.69) is 32.7 Å². The van der Waals surface area contributed by atoms with Gasteiger partial charge in [-0.05, 0) is 34.3 Å². The number of aliphatic hydroxyl groups excluding tert-OH is 1. The Hall–Kier alpha value is -0.810. The lowest BCUT2D eigenvalue weighted by molar-refractivity contribution is 0.244. The Morgan fingerprint density at radius 3 is 3.06 bits per heavy atom. The summed E-state index contributed by atoms with van der Waals surface area (Å²) in [6.45, 7) is 3.21. The van der Waals surface area contributed by atoms with E-state index in [-0.39, 0.29) is 12.6 Å².